The summed E-state index contributed by atoms with van der Waals surface area (Å²) >= 11 is 0. The fraction of sp³-hybridized carbons (Fsp3) is 0.238. The highest BCUT2D eigenvalue weighted by molar-refractivity contribution is 5.97. The van der Waals surface area contributed by atoms with Gasteiger partial charge in [-0.25, -0.2) is 4.98 Å². The van der Waals surface area contributed by atoms with E-state index in [4.69, 9.17) is 14.2 Å². The van der Waals surface area contributed by atoms with Crippen LogP contribution in [0.1, 0.15) is 27.8 Å². The standard InChI is InChI=1S/C21H23N3O4/c1-24-10-9-22-20(24)19(14-11-15(26-2)13-16(12-14)27-3)23-21(25)17-7-5-6-8-18(17)28-4/h5-13,19H,1-4H3,(H,23,25). The van der Waals surface area contributed by atoms with Gasteiger partial charge in [-0.3, -0.25) is 4.79 Å². The van der Waals surface area contributed by atoms with E-state index in [9.17, 15) is 4.79 Å². The van der Waals surface area contributed by atoms with Gasteiger partial charge in [-0.15, -0.1) is 0 Å². The number of nitrogens with one attached hydrogen (secondary N) is 1. The van der Waals surface area contributed by atoms with E-state index in [1.165, 1.54) is 7.11 Å². The SMILES string of the molecule is COc1cc(OC)cc(C(NC(=O)c2ccccc2OC)c2nccn2C)c1. The van der Waals surface area contributed by atoms with Crippen molar-refractivity contribution >= 4 is 5.91 Å². The minimum atomic E-state index is -0.513. The maximum absolute atomic E-state index is 13.0. The highest BCUT2D eigenvalue weighted by Gasteiger charge is 2.24. The number of hydrogen-bond acceptors (Lipinski definition) is 5. The Hall–Kier alpha value is -3.48. The van der Waals surface area contributed by atoms with Gasteiger partial charge in [0.15, 0.2) is 0 Å². The van der Waals surface area contributed by atoms with Gasteiger partial charge in [-0.1, -0.05) is 12.1 Å². The number of rotatable bonds is 7. The number of aryl methyl sites for hydroxylation is 1. The highest BCUT2D eigenvalue weighted by Crippen LogP contribution is 2.30. The van der Waals surface area contributed by atoms with Crippen LogP contribution >= 0.6 is 0 Å². The van der Waals surface area contributed by atoms with Crippen molar-refractivity contribution in [3.63, 3.8) is 0 Å². The molecule has 7 heteroatoms. The van der Waals surface area contributed by atoms with Crippen molar-refractivity contribution in [1.29, 1.82) is 0 Å². The Morgan fingerprint density at radius 1 is 1.04 bits per heavy atom. The molecule has 1 aromatic heterocycles. The van der Waals surface area contributed by atoms with Crippen molar-refractivity contribution in [3.05, 3.63) is 71.8 Å². The summed E-state index contributed by atoms with van der Waals surface area (Å²) in [6, 6.07) is 12.0. The minimum Gasteiger partial charge on any atom is -0.497 e. The van der Waals surface area contributed by atoms with Crippen LogP contribution < -0.4 is 19.5 Å². The number of carbonyl (C=O) groups excluding carboxylic acids is 1. The van der Waals surface area contributed by atoms with E-state index in [0.717, 1.165) is 5.56 Å². The number of hydrogen-bond donors (Lipinski definition) is 1. The predicted molar refractivity (Wildman–Crippen MR) is 105 cm³/mol. The molecule has 0 aliphatic heterocycles. The van der Waals surface area contributed by atoms with Crippen LogP contribution in [0.3, 0.4) is 0 Å². The average Bonchev–Trinajstić information content (AvgIpc) is 3.16. The van der Waals surface area contributed by atoms with Gasteiger partial charge < -0.3 is 24.1 Å². The van der Waals surface area contributed by atoms with Gasteiger partial charge in [0.1, 0.15) is 29.1 Å². The summed E-state index contributed by atoms with van der Waals surface area (Å²) in [4.78, 5) is 17.5. The van der Waals surface area contributed by atoms with Crippen molar-refractivity contribution in [3.8, 4) is 17.2 Å². The van der Waals surface area contributed by atoms with E-state index in [0.29, 0.717) is 28.6 Å². The van der Waals surface area contributed by atoms with Gasteiger partial charge in [0, 0.05) is 25.5 Å². The summed E-state index contributed by atoms with van der Waals surface area (Å²) in [6.07, 6.45) is 3.52. The average molecular weight is 381 g/mol. The monoisotopic (exact) mass is 381 g/mol. The van der Waals surface area contributed by atoms with E-state index in [-0.39, 0.29) is 5.91 Å². The van der Waals surface area contributed by atoms with Crippen molar-refractivity contribution in [2.45, 2.75) is 6.04 Å². The molecule has 3 aromatic rings. The van der Waals surface area contributed by atoms with Crippen molar-refractivity contribution in [2.24, 2.45) is 7.05 Å². The highest BCUT2D eigenvalue weighted by atomic mass is 16.5. The number of imidazole rings is 1. The molecule has 146 valence electrons. The van der Waals surface area contributed by atoms with Crippen molar-refractivity contribution in [1.82, 2.24) is 14.9 Å². The first kappa shape index (κ1) is 19.3. The Morgan fingerprint density at radius 3 is 2.29 bits per heavy atom. The topological polar surface area (TPSA) is 74.6 Å². The summed E-state index contributed by atoms with van der Waals surface area (Å²) in [5, 5.41) is 3.06. The van der Waals surface area contributed by atoms with E-state index < -0.39 is 6.04 Å². The van der Waals surface area contributed by atoms with Crippen LogP contribution in [0.2, 0.25) is 0 Å². The molecule has 0 fully saturated rings. The summed E-state index contributed by atoms with van der Waals surface area (Å²) in [5.74, 6) is 2.16. The molecule has 0 bridgehead atoms. The second kappa shape index (κ2) is 8.47. The number of carbonyl (C=O) groups is 1. The fourth-order valence-corrected chi connectivity index (χ4v) is 2.99. The first-order chi connectivity index (χ1) is 13.6. The Kier molecular flexibility index (Phi) is 5.84. The number of ether oxygens (including phenoxy) is 3. The number of nitrogens with zero attached hydrogens (tertiary/aromatic N) is 2. The van der Waals surface area contributed by atoms with Crippen LogP contribution in [0.25, 0.3) is 0 Å². The lowest BCUT2D eigenvalue weighted by molar-refractivity contribution is 0.0938. The van der Waals surface area contributed by atoms with Crippen LogP contribution in [0.4, 0.5) is 0 Å². The third kappa shape index (κ3) is 3.93. The molecular weight excluding hydrogens is 358 g/mol. The Labute approximate surface area is 163 Å². The Balaban J connectivity index is 2.04. The second-order valence-electron chi connectivity index (χ2n) is 6.15. The normalized spacial score (nSPS) is 11.6. The number of amides is 1. The molecule has 2 aromatic carbocycles. The van der Waals surface area contributed by atoms with Gasteiger partial charge in [-0.05, 0) is 29.8 Å². The first-order valence-electron chi connectivity index (χ1n) is 8.71. The molecule has 0 aliphatic carbocycles. The zero-order valence-electron chi connectivity index (χ0n) is 16.3. The molecule has 1 amide bonds. The summed E-state index contributed by atoms with van der Waals surface area (Å²) < 4.78 is 17.9. The third-order valence-electron chi connectivity index (χ3n) is 4.45. The number of aromatic nitrogens is 2. The molecule has 1 heterocycles. The smallest absolute Gasteiger partial charge is 0.255 e. The van der Waals surface area contributed by atoms with Crippen molar-refractivity contribution in [2.75, 3.05) is 21.3 Å². The van der Waals surface area contributed by atoms with Crippen molar-refractivity contribution < 1.29 is 19.0 Å². The Bertz CT molecular complexity index is 946. The molecule has 1 N–H and O–H groups in total. The van der Waals surface area contributed by atoms with Gasteiger partial charge in [0.05, 0.1) is 26.9 Å². The molecule has 1 atom stereocenters. The summed E-state index contributed by atoms with van der Waals surface area (Å²) in [5.41, 5.74) is 1.23. The van der Waals surface area contributed by atoms with E-state index in [2.05, 4.69) is 10.3 Å². The van der Waals surface area contributed by atoms with Gasteiger partial charge in [-0.2, -0.15) is 0 Å². The van der Waals surface area contributed by atoms with E-state index >= 15 is 0 Å². The lowest BCUT2D eigenvalue weighted by Crippen LogP contribution is -2.31. The lowest BCUT2D eigenvalue weighted by atomic mass is 10.0. The predicted octanol–water partition coefficient (Wildman–Crippen LogP) is 2.97. The molecule has 28 heavy (non-hydrogen) atoms. The number of benzene rings is 2. The van der Waals surface area contributed by atoms with Crippen LogP contribution in [0.5, 0.6) is 17.2 Å². The molecule has 3 rings (SSSR count). The number of methoxy groups -OCH3 is 3. The molecule has 0 spiro atoms. The Morgan fingerprint density at radius 2 is 1.71 bits per heavy atom. The van der Waals surface area contributed by atoms with Crippen LogP contribution in [-0.2, 0) is 7.05 Å². The van der Waals surface area contributed by atoms with Crippen LogP contribution in [0, 0.1) is 0 Å². The van der Waals surface area contributed by atoms with Gasteiger partial charge in [0.25, 0.3) is 5.91 Å². The first-order valence-corrected chi connectivity index (χ1v) is 8.71. The molecule has 0 saturated carbocycles. The molecule has 0 saturated heterocycles. The van der Waals surface area contributed by atoms with Gasteiger partial charge in [0.2, 0.25) is 0 Å². The number of para-hydroxylation sites is 1. The van der Waals surface area contributed by atoms with Crippen LogP contribution in [-0.4, -0.2) is 36.8 Å². The second-order valence-corrected chi connectivity index (χ2v) is 6.15. The molecule has 7 nitrogen and oxygen atoms in total. The lowest BCUT2D eigenvalue weighted by Gasteiger charge is -2.21. The maximum Gasteiger partial charge on any atom is 0.255 e. The quantitative estimate of drug-likeness (QED) is 0.681. The molecule has 0 radical (unpaired) electrons. The molecular formula is C21H23N3O4. The van der Waals surface area contributed by atoms with E-state index in [1.807, 2.05) is 36.0 Å². The van der Waals surface area contributed by atoms with Crippen LogP contribution in [0.15, 0.2) is 54.9 Å². The fourth-order valence-electron chi connectivity index (χ4n) is 2.99. The van der Waals surface area contributed by atoms with E-state index in [1.54, 1.807) is 44.7 Å². The van der Waals surface area contributed by atoms with Gasteiger partial charge >= 0.3 is 0 Å². The largest absolute Gasteiger partial charge is 0.497 e. The maximum atomic E-state index is 13.0. The molecule has 1 unspecified atom stereocenters. The molecule has 0 aliphatic rings. The zero-order chi connectivity index (χ0) is 20.1. The summed E-state index contributed by atoms with van der Waals surface area (Å²) in [6.45, 7) is 0. The summed E-state index contributed by atoms with van der Waals surface area (Å²) in [7, 11) is 6.58. The third-order valence-corrected chi connectivity index (χ3v) is 4.45. The minimum absolute atomic E-state index is 0.271. The zero-order valence-corrected chi connectivity index (χ0v) is 16.3.